The van der Waals surface area contributed by atoms with Gasteiger partial charge in [-0.05, 0) is 53.9 Å². The Kier molecular flexibility index (Phi) is 8.79. The quantitative estimate of drug-likeness (QED) is 0.471. The molecule has 3 aromatic rings. The molecule has 36 heavy (non-hydrogen) atoms. The molecular weight excluding hydrogens is 453 g/mol. The van der Waals surface area contributed by atoms with Crippen LogP contribution in [0.25, 0.3) is 0 Å². The fraction of sp³-hybridized carbons (Fsp3) is 0.345. The minimum absolute atomic E-state index is 0.0662. The van der Waals surface area contributed by atoms with Crippen LogP contribution in [0.3, 0.4) is 0 Å². The smallest absolute Gasteiger partial charge is 0.314 e. The average Bonchev–Trinajstić information content (AvgIpc) is 2.90. The first kappa shape index (κ1) is 25.5. The Morgan fingerprint density at radius 2 is 1.56 bits per heavy atom. The number of urea groups is 1. The summed E-state index contributed by atoms with van der Waals surface area (Å²) in [6.07, 6.45) is 0.801. The zero-order valence-electron chi connectivity index (χ0n) is 21.2. The monoisotopic (exact) mass is 489 g/mol. The number of hydrogen-bond acceptors (Lipinski definition) is 4. The number of amides is 2. The van der Waals surface area contributed by atoms with Gasteiger partial charge in [0, 0.05) is 64.7 Å². The summed E-state index contributed by atoms with van der Waals surface area (Å²) in [6.45, 7) is 4.52. The minimum atomic E-state index is -0.216. The van der Waals surface area contributed by atoms with Crippen LogP contribution in [0.1, 0.15) is 17.2 Å². The summed E-state index contributed by atoms with van der Waals surface area (Å²) >= 11 is 0. The van der Waals surface area contributed by atoms with Crippen molar-refractivity contribution in [2.45, 2.75) is 12.5 Å². The van der Waals surface area contributed by atoms with Gasteiger partial charge in [-0.2, -0.15) is 0 Å². The standard InChI is InChI=1S/C29H36FN5O/c1-33(2)26-12-8-24(9-13-26)28(22-32-29(36)31-17-16-23-6-4-3-5-7-23)35-20-18-34(19-21-35)27-14-10-25(30)11-15-27/h3-15,28H,16-22H2,1-2H3,(H2,31,32,36). The van der Waals surface area contributed by atoms with Crippen molar-refractivity contribution >= 4 is 17.4 Å². The van der Waals surface area contributed by atoms with Gasteiger partial charge in [0.1, 0.15) is 5.82 Å². The second-order valence-corrected chi connectivity index (χ2v) is 9.37. The van der Waals surface area contributed by atoms with E-state index in [-0.39, 0.29) is 17.9 Å². The Hall–Kier alpha value is -3.58. The van der Waals surface area contributed by atoms with Crippen LogP contribution in [0, 0.1) is 5.82 Å². The van der Waals surface area contributed by atoms with Crippen molar-refractivity contribution in [3.05, 3.63) is 95.8 Å². The molecule has 1 saturated heterocycles. The predicted molar refractivity (Wildman–Crippen MR) is 145 cm³/mol. The summed E-state index contributed by atoms with van der Waals surface area (Å²) in [5, 5.41) is 6.08. The first-order valence-electron chi connectivity index (χ1n) is 12.6. The topological polar surface area (TPSA) is 50.9 Å². The third-order valence-corrected chi connectivity index (χ3v) is 6.74. The molecule has 0 spiro atoms. The van der Waals surface area contributed by atoms with Gasteiger partial charge in [0.15, 0.2) is 0 Å². The molecule has 2 N–H and O–H groups in total. The molecule has 0 saturated carbocycles. The van der Waals surface area contributed by atoms with Gasteiger partial charge in [0.25, 0.3) is 0 Å². The highest BCUT2D eigenvalue weighted by molar-refractivity contribution is 5.73. The molecule has 0 radical (unpaired) electrons. The maximum absolute atomic E-state index is 13.3. The molecule has 1 aliphatic heterocycles. The van der Waals surface area contributed by atoms with E-state index in [2.05, 4.69) is 61.7 Å². The third kappa shape index (κ3) is 6.98. The lowest BCUT2D eigenvalue weighted by molar-refractivity contribution is 0.180. The summed E-state index contributed by atoms with van der Waals surface area (Å²) < 4.78 is 13.3. The summed E-state index contributed by atoms with van der Waals surface area (Å²) in [5.41, 5.74) is 4.57. The van der Waals surface area contributed by atoms with Gasteiger partial charge in [-0.25, -0.2) is 9.18 Å². The predicted octanol–water partition coefficient (Wildman–Crippen LogP) is 4.30. The number of rotatable bonds is 9. The Balaban J connectivity index is 1.37. The molecule has 1 aliphatic rings. The molecule has 1 heterocycles. The maximum atomic E-state index is 13.3. The van der Waals surface area contributed by atoms with Crippen LogP contribution in [0.4, 0.5) is 20.6 Å². The summed E-state index contributed by atoms with van der Waals surface area (Å²) in [6, 6.07) is 25.3. The van der Waals surface area contributed by atoms with Crippen molar-refractivity contribution in [3.8, 4) is 0 Å². The van der Waals surface area contributed by atoms with E-state index in [0.29, 0.717) is 13.1 Å². The SMILES string of the molecule is CN(C)c1ccc(C(CNC(=O)NCCc2ccccc2)N2CCN(c3ccc(F)cc3)CC2)cc1. The van der Waals surface area contributed by atoms with Crippen LogP contribution in [0.2, 0.25) is 0 Å². The van der Waals surface area contributed by atoms with Crippen LogP contribution in [0.5, 0.6) is 0 Å². The highest BCUT2D eigenvalue weighted by Crippen LogP contribution is 2.26. The van der Waals surface area contributed by atoms with Crippen molar-refractivity contribution in [3.63, 3.8) is 0 Å². The van der Waals surface area contributed by atoms with Crippen molar-refractivity contribution in [2.24, 2.45) is 0 Å². The second-order valence-electron chi connectivity index (χ2n) is 9.37. The number of nitrogens with zero attached hydrogens (tertiary/aromatic N) is 3. The highest BCUT2D eigenvalue weighted by Gasteiger charge is 2.26. The Morgan fingerprint density at radius 3 is 2.19 bits per heavy atom. The Labute approximate surface area is 213 Å². The molecule has 2 amide bonds. The van der Waals surface area contributed by atoms with Gasteiger partial charge in [-0.1, -0.05) is 42.5 Å². The number of carbonyl (C=O) groups excluding carboxylic acids is 1. The minimum Gasteiger partial charge on any atom is -0.378 e. The lowest BCUT2D eigenvalue weighted by Crippen LogP contribution is -2.50. The van der Waals surface area contributed by atoms with Crippen LogP contribution in [0.15, 0.2) is 78.9 Å². The molecule has 6 nitrogen and oxygen atoms in total. The number of nitrogens with one attached hydrogen (secondary N) is 2. The molecule has 1 atom stereocenters. The lowest BCUT2D eigenvalue weighted by atomic mass is 10.0. The first-order valence-corrected chi connectivity index (χ1v) is 12.6. The number of benzene rings is 3. The van der Waals surface area contributed by atoms with E-state index in [9.17, 15) is 9.18 Å². The van der Waals surface area contributed by atoms with Crippen molar-refractivity contribution in [1.82, 2.24) is 15.5 Å². The molecule has 0 bridgehead atoms. The summed E-state index contributed by atoms with van der Waals surface area (Å²) in [7, 11) is 4.06. The van der Waals surface area contributed by atoms with E-state index in [1.165, 1.54) is 23.3 Å². The molecule has 4 rings (SSSR count). The lowest BCUT2D eigenvalue weighted by Gasteiger charge is -2.40. The average molecular weight is 490 g/mol. The van der Waals surface area contributed by atoms with Gasteiger partial charge >= 0.3 is 6.03 Å². The Bertz CT molecular complexity index is 1080. The van der Waals surface area contributed by atoms with Crippen molar-refractivity contribution < 1.29 is 9.18 Å². The van der Waals surface area contributed by atoms with Crippen LogP contribution in [-0.2, 0) is 6.42 Å². The maximum Gasteiger partial charge on any atom is 0.314 e. The first-order chi connectivity index (χ1) is 17.5. The van der Waals surface area contributed by atoms with E-state index in [1.54, 1.807) is 0 Å². The number of carbonyl (C=O) groups is 1. The molecule has 3 aromatic carbocycles. The number of halogens is 1. The van der Waals surface area contributed by atoms with Gasteiger partial charge in [-0.15, -0.1) is 0 Å². The van der Waals surface area contributed by atoms with Crippen LogP contribution in [-0.4, -0.2) is 64.3 Å². The fourth-order valence-corrected chi connectivity index (χ4v) is 4.61. The number of piperazine rings is 1. The van der Waals surface area contributed by atoms with Gasteiger partial charge in [-0.3, -0.25) is 4.90 Å². The molecule has 1 unspecified atom stereocenters. The third-order valence-electron chi connectivity index (χ3n) is 6.74. The highest BCUT2D eigenvalue weighted by atomic mass is 19.1. The summed E-state index contributed by atoms with van der Waals surface area (Å²) in [5.74, 6) is -0.216. The molecule has 7 heteroatoms. The van der Waals surface area contributed by atoms with Gasteiger partial charge in [0.05, 0.1) is 6.04 Å². The van der Waals surface area contributed by atoms with Crippen molar-refractivity contribution in [1.29, 1.82) is 0 Å². The van der Waals surface area contributed by atoms with E-state index < -0.39 is 0 Å². The molecule has 0 aliphatic carbocycles. The van der Waals surface area contributed by atoms with E-state index >= 15 is 0 Å². The van der Waals surface area contributed by atoms with E-state index in [4.69, 9.17) is 0 Å². The zero-order chi connectivity index (χ0) is 25.3. The number of anilines is 2. The van der Waals surface area contributed by atoms with E-state index in [0.717, 1.165) is 44.0 Å². The Morgan fingerprint density at radius 1 is 0.889 bits per heavy atom. The van der Waals surface area contributed by atoms with Gasteiger partial charge in [0.2, 0.25) is 0 Å². The second kappa shape index (κ2) is 12.4. The molecule has 1 fully saturated rings. The fourth-order valence-electron chi connectivity index (χ4n) is 4.61. The summed E-state index contributed by atoms with van der Waals surface area (Å²) in [4.78, 5) is 19.4. The number of hydrogen-bond donors (Lipinski definition) is 2. The molecule has 190 valence electrons. The van der Waals surface area contributed by atoms with Crippen molar-refractivity contribution in [2.75, 3.05) is 63.2 Å². The normalized spacial score (nSPS) is 14.8. The van der Waals surface area contributed by atoms with Crippen LogP contribution >= 0.6 is 0 Å². The largest absolute Gasteiger partial charge is 0.378 e. The zero-order valence-corrected chi connectivity index (χ0v) is 21.2. The van der Waals surface area contributed by atoms with Crippen LogP contribution < -0.4 is 20.4 Å². The van der Waals surface area contributed by atoms with E-state index in [1.807, 2.05) is 44.4 Å². The van der Waals surface area contributed by atoms with Gasteiger partial charge < -0.3 is 20.4 Å². The molecule has 0 aromatic heterocycles. The molecular formula is C29H36FN5O.